The Kier molecular flexibility index (Phi) is 3.19. The molecule has 0 amide bonds. The van der Waals surface area contributed by atoms with Crippen LogP contribution in [0.1, 0.15) is 23.6 Å². The molecule has 1 aliphatic rings. The predicted molar refractivity (Wildman–Crippen MR) is 96.7 cm³/mol. The Bertz CT molecular complexity index is 953. The van der Waals surface area contributed by atoms with Crippen LogP contribution in [0.2, 0.25) is 0 Å². The van der Waals surface area contributed by atoms with E-state index >= 15 is 0 Å². The van der Waals surface area contributed by atoms with Crippen molar-refractivity contribution in [1.82, 2.24) is 4.98 Å². The van der Waals surface area contributed by atoms with Gasteiger partial charge in [0.25, 0.3) is 0 Å². The van der Waals surface area contributed by atoms with E-state index in [2.05, 4.69) is 59.9 Å². The van der Waals surface area contributed by atoms with E-state index in [4.69, 9.17) is 4.98 Å². The van der Waals surface area contributed by atoms with Crippen molar-refractivity contribution in [3.63, 3.8) is 0 Å². The fourth-order valence-corrected chi connectivity index (χ4v) is 3.09. The zero-order valence-electron chi connectivity index (χ0n) is 13.2. The number of aryl methyl sites for hydroxylation is 1. The van der Waals surface area contributed by atoms with Crippen molar-refractivity contribution in [3.05, 3.63) is 77.4 Å². The lowest BCUT2D eigenvalue weighted by molar-refractivity contribution is 1.23. The summed E-state index contributed by atoms with van der Waals surface area (Å²) in [6, 6.07) is 18.6. The number of rotatable bonds is 1. The van der Waals surface area contributed by atoms with Crippen molar-refractivity contribution in [2.75, 3.05) is 5.43 Å². The molecule has 0 spiro atoms. The smallest absolute Gasteiger partial charge is 0.155 e. The molecular formula is C20H17N3. The highest BCUT2D eigenvalue weighted by atomic mass is 15.3. The molecule has 23 heavy (non-hydrogen) atoms. The number of hydrazone groups is 1. The summed E-state index contributed by atoms with van der Waals surface area (Å²) in [5.74, 6) is 0.813. The van der Waals surface area contributed by atoms with E-state index in [9.17, 15) is 0 Å². The predicted octanol–water partition coefficient (Wildman–Crippen LogP) is 4.78. The first-order valence-corrected chi connectivity index (χ1v) is 7.71. The molecule has 112 valence electrons. The van der Waals surface area contributed by atoms with Gasteiger partial charge in [0.05, 0.1) is 11.2 Å². The Morgan fingerprint density at radius 3 is 2.43 bits per heavy atom. The molecule has 0 bridgehead atoms. The van der Waals surface area contributed by atoms with E-state index in [1.807, 2.05) is 25.1 Å². The van der Waals surface area contributed by atoms with Crippen LogP contribution in [-0.2, 0) is 0 Å². The number of hydrogen-bond acceptors (Lipinski definition) is 3. The van der Waals surface area contributed by atoms with Gasteiger partial charge in [0.15, 0.2) is 5.82 Å². The van der Waals surface area contributed by atoms with Gasteiger partial charge in [0, 0.05) is 10.9 Å². The average Bonchev–Trinajstić information content (AvgIpc) is 2.75. The molecule has 0 aliphatic carbocycles. The third kappa shape index (κ3) is 2.30. The van der Waals surface area contributed by atoms with Crippen LogP contribution in [0.4, 0.5) is 5.82 Å². The number of fused-ring (bicyclic) bond motifs is 2. The molecular weight excluding hydrogens is 282 g/mol. The van der Waals surface area contributed by atoms with Crippen molar-refractivity contribution in [2.45, 2.75) is 13.8 Å². The molecule has 3 aromatic rings. The minimum absolute atomic E-state index is 0.813. The van der Waals surface area contributed by atoms with E-state index in [0.717, 1.165) is 28.2 Å². The van der Waals surface area contributed by atoms with E-state index in [0.29, 0.717) is 0 Å². The van der Waals surface area contributed by atoms with Gasteiger partial charge in [-0.05, 0) is 42.7 Å². The number of aromatic nitrogens is 1. The maximum atomic E-state index is 4.79. The third-order valence-corrected chi connectivity index (χ3v) is 4.20. The Morgan fingerprint density at radius 2 is 1.61 bits per heavy atom. The van der Waals surface area contributed by atoms with Gasteiger partial charge < -0.3 is 0 Å². The summed E-state index contributed by atoms with van der Waals surface area (Å²) in [7, 11) is 0. The number of nitrogens with zero attached hydrogens (tertiary/aromatic N) is 2. The number of para-hydroxylation sites is 1. The van der Waals surface area contributed by atoms with E-state index in [-0.39, 0.29) is 0 Å². The number of allylic oxidation sites excluding steroid dienone is 1. The largest absolute Gasteiger partial charge is 0.261 e. The molecule has 1 aliphatic heterocycles. The minimum atomic E-state index is 0.813. The van der Waals surface area contributed by atoms with Gasteiger partial charge in [-0.3, -0.25) is 5.43 Å². The van der Waals surface area contributed by atoms with Crippen molar-refractivity contribution < 1.29 is 0 Å². The summed E-state index contributed by atoms with van der Waals surface area (Å²) in [5.41, 5.74) is 9.72. The molecule has 3 nitrogen and oxygen atoms in total. The first kappa shape index (κ1) is 13.7. The van der Waals surface area contributed by atoms with Crippen molar-refractivity contribution >= 4 is 28.0 Å². The van der Waals surface area contributed by atoms with Crippen molar-refractivity contribution in [3.8, 4) is 0 Å². The molecule has 1 aromatic heterocycles. The molecule has 0 saturated heterocycles. The first-order valence-electron chi connectivity index (χ1n) is 7.71. The molecule has 0 radical (unpaired) electrons. The van der Waals surface area contributed by atoms with Gasteiger partial charge in [-0.1, -0.05) is 48.5 Å². The lowest BCUT2D eigenvalue weighted by Gasteiger charge is -2.15. The van der Waals surface area contributed by atoms with Crippen LogP contribution in [0.3, 0.4) is 0 Å². The molecule has 0 unspecified atom stereocenters. The maximum Gasteiger partial charge on any atom is 0.155 e. The molecule has 1 N–H and O–H groups in total. The van der Waals surface area contributed by atoms with Crippen LogP contribution in [0.5, 0.6) is 0 Å². The third-order valence-electron chi connectivity index (χ3n) is 4.20. The monoisotopic (exact) mass is 299 g/mol. The van der Waals surface area contributed by atoms with Gasteiger partial charge in [0.1, 0.15) is 0 Å². The number of hydrogen-bond donors (Lipinski definition) is 1. The van der Waals surface area contributed by atoms with Crippen LogP contribution in [-0.4, -0.2) is 10.7 Å². The lowest BCUT2D eigenvalue weighted by Crippen LogP contribution is -2.01. The molecule has 2 aromatic carbocycles. The molecule has 0 fully saturated rings. The second-order valence-corrected chi connectivity index (χ2v) is 5.77. The summed E-state index contributed by atoms with van der Waals surface area (Å²) < 4.78 is 0. The van der Waals surface area contributed by atoms with E-state index in [1.54, 1.807) is 0 Å². The fourth-order valence-electron chi connectivity index (χ4n) is 3.09. The SMILES string of the molecule is CC1=NNc2nc3ccccc3c(C)c2C(c2ccccc2)=C1. The Morgan fingerprint density at radius 1 is 0.870 bits per heavy atom. The number of anilines is 1. The standard InChI is InChI=1S/C20H17N3/c1-13-12-17(15-8-4-3-5-9-15)19-14(2)16-10-6-7-11-18(16)21-20(19)23-22-13/h3-12H,1-2H3,(H,21,23). The van der Waals surface area contributed by atoms with Gasteiger partial charge >= 0.3 is 0 Å². The fraction of sp³-hybridized carbons (Fsp3) is 0.100. The second kappa shape index (κ2) is 5.36. The number of pyridine rings is 1. The van der Waals surface area contributed by atoms with E-state index < -0.39 is 0 Å². The van der Waals surface area contributed by atoms with Crippen LogP contribution in [0.15, 0.2) is 65.8 Å². The quantitative estimate of drug-likeness (QED) is 0.702. The van der Waals surface area contributed by atoms with E-state index in [1.165, 1.54) is 16.5 Å². The average molecular weight is 299 g/mol. The van der Waals surface area contributed by atoms with Crippen LogP contribution < -0.4 is 5.43 Å². The molecule has 2 heterocycles. The Hall–Kier alpha value is -2.94. The lowest BCUT2D eigenvalue weighted by atomic mass is 9.92. The summed E-state index contributed by atoms with van der Waals surface area (Å²) in [5, 5.41) is 5.59. The van der Waals surface area contributed by atoms with Crippen LogP contribution in [0, 0.1) is 6.92 Å². The second-order valence-electron chi connectivity index (χ2n) is 5.77. The van der Waals surface area contributed by atoms with Gasteiger partial charge in [0.2, 0.25) is 0 Å². The summed E-state index contributed by atoms with van der Waals surface area (Å²) in [6.45, 7) is 4.15. The normalized spacial score (nSPS) is 13.7. The molecule has 0 saturated carbocycles. The van der Waals surface area contributed by atoms with Crippen LogP contribution >= 0.6 is 0 Å². The Balaban J connectivity index is 2.06. The zero-order chi connectivity index (χ0) is 15.8. The minimum Gasteiger partial charge on any atom is -0.261 e. The highest BCUT2D eigenvalue weighted by molar-refractivity contribution is 6.07. The first-order chi connectivity index (χ1) is 11.2. The zero-order valence-corrected chi connectivity index (χ0v) is 13.2. The Labute approximate surface area is 135 Å². The molecule has 0 atom stereocenters. The summed E-state index contributed by atoms with van der Waals surface area (Å²) in [6.07, 6.45) is 2.12. The number of benzene rings is 2. The molecule has 4 rings (SSSR count). The highest BCUT2D eigenvalue weighted by Gasteiger charge is 2.19. The van der Waals surface area contributed by atoms with Crippen molar-refractivity contribution in [1.29, 1.82) is 0 Å². The summed E-state index contributed by atoms with van der Waals surface area (Å²) in [4.78, 5) is 4.79. The number of nitrogens with one attached hydrogen (secondary N) is 1. The van der Waals surface area contributed by atoms with Gasteiger partial charge in [-0.25, -0.2) is 4.98 Å². The van der Waals surface area contributed by atoms with Gasteiger partial charge in [-0.15, -0.1) is 0 Å². The maximum absolute atomic E-state index is 4.79. The molecule has 3 heteroatoms. The van der Waals surface area contributed by atoms with Crippen molar-refractivity contribution in [2.24, 2.45) is 5.10 Å². The summed E-state index contributed by atoms with van der Waals surface area (Å²) >= 11 is 0. The van der Waals surface area contributed by atoms with Crippen LogP contribution in [0.25, 0.3) is 16.5 Å². The van der Waals surface area contributed by atoms with Gasteiger partial charge in [-0.2, -0.15) is 5.10 Å². The highest BCUT2D eigenvalue weighted by Crippen LogP contribution is 2.36. The topological polar surface area (TPSA) is 37.3 Å².